The first-order chi connectivity index (χ1) is 7.83. The first kappa shape index (κ1) is 11.5. The Kier molecular flexibility index (Phi) is 3.83. The van der Waals surface area contributed by atoms with E-state index in [2.05, 4.69) is 35.0 Å². The zero-order valence-electron chi connectivity index (χ0n) is 9.37. The monoisotopic (exact) mass is 278 g/mol. The van der Waals surface area contributed by atoms with E-state index in [-0.39, 0.29) is 0 Å². The van der Waals surface area contributed by atoms with Crippen LogP contribution >= 0.6 is 15.9 Å². The molecule has 1 nitrogen and oxygen atoms in total. The summed E-state index contributed by atoms with van der Waals surface area (Å²) >= 11 is 3.56. The van der Waals surface area contributed by atoms with Crippen molar-refractivity contribution in [3.8, 4) is 5.75 Å². The predicted molar refractivity (Wildman–Crippen MR) is 72.1 cm³/mol. The van der Waals surface area contributed by atoms with Crippen LogP contribution in [0.1, 0.15) is 19.8 Å². The van der Waals surface area contributed by atoms with Crippen molar-refractivity contribution >= 4 is 26.7 Å². The fourth-order valence-electron chi connectivity index (χ4n) is 1.69. The third-order valence-electron chi connectivity index (χ3n) is 2.59. The summed E-state index contributed by atoms with van der Waals surface area (Å²) < 4.78 is 6.91. The van der Waals surface area contributed by atoms with Crippen molar-refractivity contribution in [2.45, 2.75) is 19.8 Å². The number of halogens is 1. The largest absolute Gasteiger partial charge is 0.493 e. The summed E-state index contributed by atoms with van der Waals surface area (Å²) in [7, 11) is 0. The summed E-state index contributed by atoms with van der Waals surface area (Å²) in [4.78, 5) is 0. The Balaban J connectivity index is 2.35. The van der Waals surface area contributed by atoms with Crippen LogP contribution in [-0.2, 0) is 0 Å². The first-order valence-electron chi connectivity index (χ1n) is 5.63. The molecule has 2 rings (SSSR count). The van der Waals surface area contributed by atoms with E-state index in [0.717, 1.165) is 29.7 Å². The Morgan fingerprint density at radius 3 is 2.56 bits per heavy atom. The number of ether oxygens (including phenoxy) is 1. The topological polar surface area (TPSA) is 9.23 Å². The molecule has 0 saturated carbocycles. The fraction of sp³-hybridized carbons (Fsp3) is 0.286. The minimum absolute atomic E-state index is 0.794. The van der Waals surface area contributed by atoms with Gasteiger partial charge in [0.1, 0.15) is 5.75 Å². The average Bonchev–Trinajstić information content (AvgIpc) is 2.33. The second-order valence-corrected chi connectivity index (χ2v) is 4.65. The van der Waals surface area contributed by atoms with Gasteiger partial charge < -0.3 is 4.74 Å². The predicted octanol–water partition coefficient (Wildman–Crippen LogP) is 4.78. The lowest BCUT2D eigenvalue weighted by molar-refractivity contribution is 0.313. The highest BCUT2D eigenvalue weighted by atomic mass is 79.9. The van der Waals surface area contributed by atoms with Gasteiger partial charge in [0.2, 0.25) is 0 Å². The van der Waals surface area contributed by atoms with E-state index >= 15 is 0 Å². The zero-order chi connectivity index (χ0) is 11.4. The van der Waals surface area contributed by atoms with Gasteiger partial charge in [0.05, 0.1) is 6.61 Å². The minimum atomic E-state index is 0.794. The molecule has 16 heavy (non-hydrogen) atoms. The lowest BCUT2D eigenvalue weighted by atomic mass is 10.1. The Labute approximate surface area is 105 Å². The molecule has 0 aromatic heterocycles. The normalized spacial score (nSPS) is 10.6. The molecule has 0 atom stereocenters. The van der Waals surface area contributed by atoms with E-state index < -0.39 is 0 Å². The van der Waals surface area contributed by atoms with Gasteiger partial charge in [0, 0.05) is 9.86 Å². The lowest BCUT2D eigenvalue weighted by Gasteiger charge is -2.09. The molecule has 0 aliphatic carbocycles. The highest BCUT2D eigenvalue weighted by molar-refractivity contribution is 9.10. The van der Waals surface area contributed by atoms with Gasteiger partial charge in [-0.15, -0.1) is 0 Å². The summed E-state index contributed by atoms with van der Waals surface area (Å²) in [6.07, 6.45) is 2.26. The van der Waals surface area contributed by atoms with Gasteiger partial charge in [0.15, 0.2) is 0 Å². The number of rotatable bonds is 4. The third-order valence-corrected chi connectivity index (χ3v) is 3.28. The van der Waals surface area contributed by atoms with E-state index in [4.69, 9.17) is 4.74 Å². The van der Waals surface area contributed by atoms with Crippen molar-refractivity contribution in [3.63, 3.8) is 0 Å². The molecule has 0 bridgehead atoms. The molecule has 2 aromatic carbocycles. The number of unbranched alkanes of at least 4 members (excludes halogenated alkanes) is 1. The van der Waals surface area contributed by atoms with Gasteiger partial charge in [-0.2, -0.15) is 0 Å². The van der Waals surface area contributed by atoms with Crippen LogP contribution in [0.4, 0.5) is 0 Å². The Bertz CT molecular complexity index is 479. The average molecular weight is 279 g/mol. The van der Waals surface area contributed by atoms with Crippen LogP contribution in [-0.4, -0.2) is 6.61 Å². The first-order valence-corrected chi connectivity index (χ1v) is 6.42. The Hall–Kier alpha value is -1.02. The minimum Gasteiger partial charge on any atom is -0.493 e. The summed E-state index contributed by atoms with van der Waals surface area (Å²) in [5, 5.41) is 2.38. The van der Waals surface area contributed by atoms with Gasteiger partial charge in [0.25, 0.3) is 0 Å². The highest BCUT2D eigenvalue weighted by Crippen LogP contribution is 2.31. The molecular formula is C14H15BrO. The Morgan fingerprint density at radius 1 is 1.06 bits per heavy atom. The molecule has 0 amide bonds. The molecule has 0 aliphatic rings. The maximum Gasteiger partial charge on any atom is 0.127 e. The van der Waals surface area contributed by atoms with Crippen LogP contribution in [0.2, 0.25) is 0 Å². The van der Waals surface area contributed by atoms with E-state index in [1.165, 1.54) is 10.8 Å². The maximum absolute atomic E-state index is 5.79. The van der Waals surface area contributed by atoms with Crippen molar-refractivity contribution in [2.75, 3.05) is 6.61 Å². The van der Waals surface area contributed by atoms with E-state index in [9.17, 15) is 0 Å². The Morgan fingerprint density at radius 2 is 1.81 bits per heavy atom. The summed E-state index contributed by atoms with van der Waals surface area (Å²) in [5.41, 5.74) is 0. The second-order valence-electron chi connectivity index (χ2n) is 3.79. The van der Waals surface area contributed by atoms with E-state index in [1.54, 1.807) is 0 Å². The maximum atomic E-state index is 5.79. The van der Waals surface area contributed by atoms with Crippen LogP contribution < -0.4 is 4.74 Å². The quantitative estimate of drug-likeness (QED) is 0.732. The number of benzene rings is 2. The number of hydrogen-bond donors (Lipinski definition) is 0. The van der Waals surface area contributed by atoms with Crippen LogP contribution in [0.3, 0.4) is 0 Å². The third kappa shape index (κ3) is 2.38. The van der Waals surface area contributed by atoms with Gasteiger partial charge in [-0.3, -0.25) is 0 Å². The van der Waals surface area contributed by atoms with Crippen LogP contribution in [0, 0.1) is 0 Å². The molecule has 0 unspecified atom stereocenters. The molecule has 84 valence electrons. The molecule has 0 aliphatic heterocycles. The fourth-order valence-corrected chi connectivity index (χ4v) is 2.16. The smallest absolute Gasteiger partial charge is 0.127 e. The van der Waals surface area contributed by atoms with E-state index in [1.807, 2.05) is 24.3 Å². The molecule has 2 aromatic rings. The SMILES string of the molecule is CCCCOc1ccc(Br)c2ccccc12. The van der Waals surface area contributed by atoms with Crippen LogP contribution in [0.15, 0.2) is 40.9 Å². The van der Waals surface area contributed by atoms with Crippen LogP contribution in [0.25, 0.3) is 10.8 Å². The number of fused-ring (bicyclic) bond motifs is 1. The molecule has 0 fully saturated rings. The summed E-state index contributed by atoms with van der Waals surface area (Å²) in [5.74, 6) is 0.979. The van der Waals surface area contributed by atoms with Crippen molar-refractivity contribution in [1.29, 1.82) is 0 Å². The van der Waals surface area contributed by atoms with Crippen molar-refractivity contribution in [2.24, 2.45) is 0 Å². The molecule has 0 N–H and O–H groups in total. The van der Waals surface area contributed by atoms with Crippen molar-refractivity contribution in [1.82, 2.24) is 0 Å². The molecular weight excluding hydrogens is 264 g/mol. The van der Waals surface area contributed by atoms with Gasteiger partial charge >= 0.3 is 0 Å². The van der Waals surface area contributed by atoms with Crippen molar-refractivity contribution < 1.29 is 4.74 Å². The summed E-state index contributed by atoms with van der Waals surface area (Å²) in [6.45, 7) is 2.96. The molecule has 0 radical (unpaired) electrons. The van der Waals surface area contributed by atoms with Gasteiger partial charge in [-0.1, -0.05) is 53.5 Å². The lowest BCUT2D eigenvalue weighted by Crippen LogP contribution is -1.96. The molecule has 0 heterocycles. The highest BCUT2D eigenvalue weighted by Gasteiger charge is 2.04. The molecule has 0 spiro atoms. The van der Waals surface area contributed by atoms with E-state index in [0.29, 0.717) is 0 Å². The molecule has 2 heteroatoms. The van der Waals surface area contributed by atoms with Gasteiger partial charge in [-0.05, 0) is 23.9 Å². The van der Waals surface area contributed by atoms with Crippen LogP contribution in [0.5, 0.6) is 5.75 Å². The summed E-state index contributed by atoms with van der Waals surface area (Å²) in [6, 6.07) is 12.4. The number of hydrogen-bond acceptors (Lipinski definition) is 1. The van der Waals surface area contributed by atoms with Gasteiger partial charge in [-0.25, -0.2) is 0 Å². The van der Waals surface area contributed by atoms with Crippen molar-refractivity contribution in [3.05, 3.63) is 40.9 Å². The zero-order valence-corrected chi connectivity index (χ0v) is 11.0. The standard InChI is InChI=1S/C14H15BrO/c1-2-3-10-16-14-9-8-13(15)11-6-4-5-7-12(11)14/h4-9H,2-3,10H2,1H3. The second kappa shape index (κ2) is 5.35. The molecule has 0 saturated heterocycles.